The minimum atomic E-state index is 0.562. The Morgan fingerprint density at radius 1 is 1.12 bits per heavy atom. The lowest BCUT2D eigenvalue weighted by atomic mass is 10.0. The van der Waals surface area contributed by atoms with Gasteiger partial charge < -0.3 is 10.1 Å². The van der Waals surface area contributed by atoms with E-state index < -0.39 is 0 Å². The summed E-state index contributed by atoms with van der Waals surface area (Å²) in [7, 11) is 2.04. The maximum absolute atomic E-state index is 5.53. The quantitative estimate of drug-likeness (QED) is 0.664. The maximum atomic E-state index is 5.53. The second kappa shape index (κ2) is 9.20. The van der Waals surface area contributed by atoms with Crippen LogP contribution in [0, 0.1) is 0 Å². The molecule has 0 aliphatic heterocycles. The van der Waals surface area contributed by atoms with Gasteiger partial charge in [-0.2, -0.15) is 0 Å². The summed E-state index contributed by atoms with van der Waals surface area (Å²) in [6.45, 7) is 3.90. The highest BCUT2D eigenvalue weighted by molar-refractivity contribution is 5.14. The van der Waals surface area contributed by atoms with Crippen LogP contribution in [0.4, 0.5) is 0 Å². The van der Waals surface area contributed by atoms with E-state index in [0.29, 0.717) is 6.04 Å². The summed E-state index contributed by atoms with van der Waals surface area (Å²) in [5, 5.41) is 3.37. The Morgan fingerprint density at radius 3 is 2.53 bits per heavy atom. The van der Waals surface area contributed by atoms with Crippen LogP contribution in [0.2, 0.25) is 0 Å². The van der Waals surface area contributed by atoms with Gasteiger partial charge in [0.25, 0.3) is 0 Å². The highest BCUT2D eigenvalue weighted by Crippen LogP contribution is 2.07. The summed E-state index contributed by atoms with van der Waals surface area (Å²) in [5.74, 6) is 0. The summed E-state index contributed by atoms with van der Waals surface area (Å²) in [6, 6.07) is 11.2. The third-order valence-electron chi connectivity index (χ3n) is 2.99. The van der Waals surface area contributed by atoms with Gasteiger partial charge in [-0.3, -0.25) is 0 Å². The summed E-state index contributed by atoms with van der Waals surface area (Å²) in [5.41, 5.74) is 1.42. The van der Waals surface area contributed by atoms with Crippen molar-refractivity contribution in [3.63, 3.8) is 0 Å². The fourth-order valence-electron chi connectivity index (χ4n) is 1.89. The molecular formula is C15H25NO. The molecule has 1 rings (SSSR count). The molecule has 1 unspecified atom stereocenters. The van der Waals surface area contributed by atoms with Crippen LogP contribution in [-0.4, -0.2) is 26.3 Å². The molecular weight excluding hydrogens is 210 g/mol. The fourth-order valence-corrected chi connectivity index (χ4v) is 1.89. The van der Waals surface area contributed by atoms with Gasteiger partial charge in [0.2, 0.25) is 0 Å². The molecule has 0 aromatic heterocycles. The Hall–Kier alpha value is -0.860. The molecule has 0 bridgehead atoms. The van der Waals surface area contributed by atoms with Gasteiger partial charge in [-0.15, -0.1) is 0 Å². The van der Waals surface area contributed by atoms with Crippen molar-refractivity contribution in [2.75, 3.05) is 20.3 Å². The minimum absolute atomic E-state index is 0.562. The minimum Gasteiger partial charge on any atom is -0.381 e. The van der Waals surface area contributed by atoms with Gasteiger partial charge in [0, 0.05) is 19.3 Å². The van der Waals surface area contributed by atoms with E-state index in [0.717, 1.165) is 32.5 Å². The molecule has 1 aromatic carbocycles. The van der Waals surface area contributed by atoms with E-state index in [-0.39, 0.29) is 0 Å². The van der Waals surface area contributed by atoms with E-state index in [1.165, 1.54) is 12.0 Å². The van der Waals surface area contributed by atoms with E-state index in [4.69, 9.17) is 4.74 Å². The van der Waals surface area contributed by atoms with Crippen LogP contribution < -0.4 is 5.32 Å². The molecule has 0 fully saturated rings. The zero-order valence-electron chi connectivity index (χ0n) is 11.1. The van der Waals surface area contributed by atoms with Crippen LogP contribution in [0.1, 0.15) is 31.7 Å². The molecule has 0 amide bonds. The molecule has 0 saturated heterocycles. The van der Waals surface area contributed by atoms with Crippen molar-refractivity contribution < 1.29 is 4.74 Å². The maximum Gasteiger partial charge on any atom is 0.0480 e. The summed E-state index contributed by atoms with van der Waals surface area (Å²) in [6.07, 6.45) is 4.52. The number of hydrogen-bond donors (Lipinski definition) is 1. The van der Waals surface area contributed by atoms with Crippen LogP contribution in [0.15, 0.2) is 30.3 Å². The Labute approximate surface area is 105 Å². The van der Waals surface area contributed by atoms with E-state index in [9.17, 15) is 0 Å². The van der Waals surface area contributed by atoms with Crippen LogP contribution in [-0.2, 0) is 11.2 Å². The van der Waals surface area contributed by atoms with Gasteiger partial charge in [0.05, 0.1) is 0 Å². The third-order valence-corrected chi connectivity index (χ3v) is 2.99. The van der Waals surface area contributed by atoms with E-state index in [2.05, 4.69) is 42.6 Å². The van der Waals surface area contributed by atoms with Gasteiger partial charge in [0.1, 0.15) is 0 Å². The smallest absolute Gasteiger partial charge is 0.0480 e. The molecule has 0 heterocycles. The Balaban J connectivity index is 2.18. The normalized spacial score (nSPS) is 12.6. The second-order valence-corrected chi connectivity index (χ2v) is 4.41. The number of nitrogens with one attached hydrogen (secondary N) is 1. The Bertz CT molecular complexity index is 274. The average Bonchev–Trinajstić information content (AvgIpc) is 2.39. The fraction of sp³-hybridized carbons (Fsp3) is 0.600. The van der Waals surface area contributed by atoms with Crippen LogP contribution >= 0.6 is 0 Å². The van der Waals surface area contributed by atoms with Crippen molar-refractivity contribution in [1.29, 1.82) is 0 Å². The van der Waals surface area contributed by atoms with Crippen LogP contribution in [0.5, 0.6) is 0 Å². The average molecular weight is 235 g/mol. The van der Waals surface area contributed by atoms with Crippen molar-refractivity contribution in [2.45, 2.75) is 38.6 Å². The molecule has 0 aliphatic rings. The van der Waals surface area contributed by atoms with E-state index in [1.54, 1.807) is 0 Å². The lowest BCUT2D eigenvalue weighted by Crippen LogP contribution is -2.27. The second-order valence-electron chi connectivity index (χ2n) is 4.41. The monoisotopic (exact) mass is 235 g/mol. The van der Waals surface area contributed by atoms with Crippen molar-refractivity contribution in [2.24, 2.45) is 0 Å². The first-order valence-corrected chi connectivity index (χ1v) is 6.65. The first-order chi connectivity index (χ1) is 8.36. The molecule has 0 saturated carbocycles. The van der Waals surface area contributed by atoms with Gasteiger partial charge in [-0.05, 0) is 38.3 Å². The largest absolute Gasteiger partial charge is 0.381 e. The lowest BCUT2D eigenvalue weighted by Gasteiger charge is -2.16. The van der Waals surface area contributed by atoms with Crippen molar-refractivity contribution >= 4 is 0 Å². The topological polar surface area (TPSA) is 21.3 Å². The lowest BCUT2D eigenvalue weighted by molar-refractivity contribution is 0.124. The van der Waals surface area contributed by atoms with Gasteiger partial charge in [-0.1, -0.05) is 37.3 Å². The number of ether oxygens (including phenoxy) is 1. The highest BCUT2D eigenvalue weighted by Gasteiger charge is 2.05. The Morgan fingerprint density at radius 2 is 1.88 bits per heavy atom. The predicted molar refractivity (Wildman–Crippen MR) is 73.3 cm³/mol. The molecule has 17 heavy (non-hydrogen) atoms. The zero-order chi connectivity index (χ0) is 12.3. The van der Waals surface area contributed by atoms with Gasteiger partial charge in [0.15, 0.2) is 0 Å². The van der Waals surface area contributed by atoms with Gasteiger partial charge in [-0.25, -0.2) is 0 Å². The highest BCUT2D eigenvalue weighted by atomic mass is 16.5. The number of hydrogen-bond acceptors (Lipinski definition) is 2. The van der Waals surface area contributed by atoms with E-state index in [1.807, 2.05) is 7.05 Å². The third kappa shape index (κ3) is 6.44. The van der Waals surface area contributed by atoms with Gasteiger partial charge >= 0.3 is 0 Å². The van der Waals surface area contributed by atoms with E-state index >= 15 is 0 Å². The zero-order valence-corrected chi connectivity index (χ0v) is 11.1. The Kier molecular flexibility index (Phi) is 7.69. The summed E-state index contributed by atoms with van der Waals surface area (Å²) in [4.78, 5) is 0. The molecule has 0 aliphatic carbocycles. The molecule has 2 nitrogen and oxygen atoms in total. The standard InChI is InChI=1S/C15H25NO/c1-3-12-17-13-11-15(16-2)10-9-14-7-5-4-6-8-14/h4-8,15-16H,3,9-13H2,1-2H3. The van der Waals surface area contributed by atoms with Crippen molar-refractivity contribution in [3.8, 4) is 0 Å². The van der Waals surface area contributed by atoms with Crippen LogP contribution in [0.3, 0.4) is 0 Å². The summed E-state index contributed by atoms with van der Waals surface area (Å²) >= 11 is 0. The predicted octanol–water partition coefficient (Wildman–Crippen LogP) is 3.02. The molecule has 1 aromatic rings. The molecule has 96 valence electrons. The van der Waals surface area contributed by atoms with Crippen molar-refractivity contribution in [1.82, 2.24) is 5.32 Å². The number of rotatable bonds is 9. The summed E-state index contributed by atoms with van der Waals surface area (Å²) < 4.78 is 5.53. The number of aryl methyl sites for hydroxylation is 1. The molecule has 2 heteroatoms. The molecule has 0 radical (unpaired) electrons. The molecule has 1 N–H and O–H groups in total. The SMILES string of the molecule is CCCOCCC(CCc1ccccc1)NC. The first-order valence-electron chi connectivity index (χ1n) is 6.65. The first kappa shape index (κ1) is 14.2. The van der Waals surface area contributed by atoms with Crippen molar-refractivity contribution in [3.05, 3.63) is 35.9 Å². The van der Waals surface area contributed by atoms with Crippen LogP contribution in [0.25, 0.3) is 0 Å². The number of benzene rings is 1. The molecule has 0 spiro atoms. The molecule has 1 atom stereocenters.